The molecular formula is C14H17N5O. The third-order valence-corrected chi connectivity index (χ3v) is 2.84. The first-order valence-corrected chi connectivity index (χ1v) is 6.32. The lowest BCUT2D eigenvalue weighted by Crippen LogP contribution is -2.22. The van der Waals surface area contributed by atoms with Crippen molar-refractivity contribution in [3.8, 4) is 0 Å². The standard InChI is InChI=1S/C14H17N5O/c1-3-19(11-7-5-4-6-8-11)14-16-10(2)9-12(17-14)13(15)18-20/h4-9,20H,3H2,1-2H3,(H2,15,18). The molecule has 20 heavy (non-hydrogen) atoms. The van der Waals surface area contributed by atoms with Gasteiger partial charge in [-0.3, -0.25) is 0 Å². The number of amidine groups is 1. The topological polar surface area (TPSA) is 87.6 Å². The van der Waals surface area contributed by atoms with Crippen LogP contribution in [0, 0.1) is 6.92 Å². The second-order valence-corrected chi connectivity index (χ2v) is 4.26. The lowest BCUT2D eigenvalue weighted by atomic mass is 10.3. The van der Waals surface area contributed by atoms with E-state index in [0.717, 1.165) is 11.4 Å². The van der Waals surface area contributed by atoms with Crippen LogP contribution in [0.4, 0.5) is 11.6 Å². The van der Waals surface area contributed by atoms with Crippen LogP contribution < -0.4 is 10.6 Å². The number of anilines is 2. The molecule has 6 heteroatoms. The number of rotatable bonds is 4. The Morgan fingerprint density at radius 1 is 1.30 bits per heavy atom. The van der Waals surface area contributed by atoms with E-state index in [1.807, 2.05) is 49.1 Å². The predicted molar refractivity (Wildman–Crippen MR) is 78.4 cm³/mol. The van der Waals surface area contributed by atoms with Crippen molar-refractivity contribution in [1.29, 1.82) is 0 Å². The van der Waals surface area contributed by atoms with Gasteiger partial charge in [0, 0.05) is 17.9 Å². The van der Waals surface area contributed by atoms with Crippen molar-refractivity contribution >= 4 is 17.5 Å². The number of aryl methyl sites for hydroxylation is 1. The van der Waals surface area contributed by atoms with Gasteiger partial charge in [0.1, 0.15) is 5.69 Å². The third-order valence-electron chi connectivity index (χ3n) is 2.84. The van der Waals surface area contributed by atoms with Crippen molar-refractivity contribution in [2.75, 3.05) is 11.4 Å². The molecule has 1 aromatic heterocycles. The van der Waals surface area contributed by atoms with E-state index in [2.05, 4.69) is 15.1 Å². The van der Waals surface area contributed by atoms with Crippen molar-refractivity contribution in [2.24, 2.45) is 10.9 Å². The number of benzene rings is 1. The zero-order chi connectivity index (χ0) is 14.5. The van der Waals surface area contributed by atoms with Gasteiger partial charge in [0.05, 0.1) is 0 Å². The summed E-state index contributed by atoms with van der Waals surface area (Å²) >= 11 is 0. The summed E-state index contributed by atoms with van der Waals surface area (Å²) in [5.41, 5.74) is 7.76. The molecule has 2 rings (SSSR count). The molecule has 0 aliphatic rings. The van der Waals surface area contributed by atoms with E-state index in [1.54, 1.807) is 6.07 Å². The highest BCUT2D eigenvalue weighted by atomic mass is 16.4. The van der Waals surface area contributed by atoms with Crippen molar-refractivity contribution in [1.82, 2.24) is 9.97 Å². The monoisotopic (exact) mass is 271 g/mol. The van der Waals surface area contributed by atoms with Gasteiger partial charge in [0.15, 0.2) is 5.84 Å². The molecule has 6 nitrogen and oxygen atoms in total. The first-order chi connectivity index (χ1) is 9.65. The number of para-hydroxylation sites is 1. The molecular weight excluding hydrogens is 254 g/mol. The van der Waals surface area contributed by atoms with Gasteiger partial charge in [-0.1, -0.05) is 23.4 Å². The second kappa shape index (κ2) is 6.01. The summed E-state index contributed by atoms with van der Waals surface area (Å²) in [6.45, 7) is 4.57. The molecule has 2 aromatic rings. The average molecular weight is 271 g/mol. The molecule has 0 saturated carbocycles. The predicted octanol–water partition coefficient (Wildman–Crippen LogP) is 2.04. The quantitative estimate of drug-likeness (QED) is 0.384. The van der Waals surface area contributed by atoms with Gasteiger partial charge in [0.2, 0.25) is 5.95 Å². The van der Waals surface area contributed by atoms with Gasteiger partial charge >= 0.3 is 0 Å². The summed E-state index contributed by atoms with van der Waals surface area (Å²) in [6.07, 6.45) is 0. The van der Waals surface area contributed by atoms with Crippen molar-refractivity contribution in [3.63, 3.8) is 0 Å². The van der Waals surface area contributed by atoms with Crippen LogP contribution in [-0.2, 0) is 0 Å². The summed E-state index contributed by atoms with van der Waals surface area (Å²) < 4.78 is 0. The zero-order valence-corrected chi connectivity index (χ0v) is 11.5. The van der Waals surface area contributed by atoms with Crippen LogP contribution in [0.2, 0.25) is 0 Å². The molecule has 0 bridgehead atoms. The number of nitrogens with two attached hydrogens (primary N) is 1. The molecule has 0 unspecified atom stereocenters. The maximum atomic E-state index is 8.77. The molecule has 0 saturated heterocycles. The third kappa shape index (κ3) is 2.85. The molecule has 0 amide bonds. The fourth-order valence-electron chi connectivity index (χ4n) is 1.90. The minimum Gasteiger partial charge on any atom is -0.409 e. The fourth-order valence-corrected chi connectivity index (χ4v) is 1.90. The van der Waals surface area contributed by atoms with E-state index in [-0.39, 0.29) is 5.84 Å². The molecule has 0 spiro atoms. The van der Waals surface area contributed by atoms with E-state index in [9.17, 15) is 0 Å². The maximum absolute atomic E-state index is 8.77. The summed E-state index contributed by atoms with van der Waals surface area (Å²) in [6, 6.07) is 11.5. The normalized spacial score (nSPS) is 11.4. The lowest BCUT2D eigenvalue weighted by molar-refractivity contribution is 0.318. The summed E-state index contributed by atoms with van der Waals surface area (Å²) in [5, 5.41) is 11.8. The highest BCUT2D eigenvalue weighted by Gasteiger charge is 2.13. The number of hydrogen-bond acceptors (Lipinski definition) is 5. The average Bonchev–Trinajstić information content (AvgIpc) is 2.48. The van der Waals surface area contributed by atoms with E-state index < -0.39 is 0 Å². The van der Waals surface area contributed by atoms with Crippen LogP contribution in [0.1, 0.15) is 18.3 Å². The van der Waals surface area contributed by atoms with Crippen LogP contribution in [0.25, 0.3) is 0 Å². The summed E-state index contributed by atoms with van der Waals surface area (Å²) in [4.78, 5) is 10.7. The molecule has 3 N–H and O–H groups in total. The summed E-state index contributed by atoms with van der Waals surface area (Å²) in [7, 11) is 0. The number of nitrogens with zero attached hydrogens (tertiary/aromatic N) is 4. The highest BCUT2D eigenvalue weighted by molar-refractivity contribution is 5.95. The Labute approximate surface area is 117 Å². The van der Waals surface area contributed by atoms with Crippen molar-refractivity contribution in [3.05, 3.63) is 47.8 Å². The van der Waals surface area contributed by atoms with Crippen LogP contribution in [0.5, 0.6) is 0 Å². The molecule has 104 valence electrons. The van der Waals surface area contributed by atoms with Gasteiger partial charge in [-0.25, -0.2) is 9.97 Å². The molecule has 0 fully saturated rings. The van der Waals surface area contributed by atoms with Gasteiger partial charge < -0.3 is 15.8 Å². The van der Waals surface area contributed by atoms with E-state index in [4.69, 9.17) is 10.9 Å². The largest absolute Gasteiger partial charge is 0.409 e. The van der Waals surface area contributed by atoms with Gasteiger partial charge in [0.25, 0.3) is 0 Å². The Morgan fingerprint density at radius 2 is 2.00 bits per heavy atom. The molecule has 1 aromatic carbocycles. The number of hydrogen-bond donors (Lipinski definition) is 2. The Balaban J connectivity index is 2.48. The number of oxime groups is 1. The molecule has 0 atom stereocenters. The first kappa shape index (κ1) is 13.8. The molecule has 0 radical (unpaired) electrons. The second-order valence-electron chi connectivity index (χ2n) is 4.26. The van der Waals surface area contributed by atoms with E-state index in [0.29, 0.717) is 18.2 Å². The first-order valence-electron chi connectivity index (χ1n) is 6.32. The minimum atomic E-state index is -0.0270. The highest BCUT2D eigenvalue weighted by Crippen LogP contribution is 2.21. The zero-order valence-electron chi connectivity index (χ0n) is 11.5. The van der Waals surface area contributed by atoms with E-state index in [1.165, 1.54) is 0 Å². The Hall–Kier alpha value is -2.63. The maximum Gasteiger partial charge on any atom is 0.230 e. The Bertz CT molecular complexity index is 612. The molecule has 1 heterocycles. The SMILES string of the molecule is CCN(c1ccccc1)c1nc(C)cc(/C(N)=N/O)n1. The Kier molecular flexibility index (Phi) is 4.14. The molecule has 0 aliphatic carbocycles. The summed E-state index contributed by atoms with van der Waals surface area (Å²) in [5.74, 6) is 0.501. The van der Waals surface area contributed by atoms with Gasteiger partial charge in [-0.2, -0.15) is 0 Å². The lowest BCUT2D eigenvalue weighted by Gasteiger charge is -2.21. The fraction of sp³-hybridized carbons (Fsp3) is 0.214. The van der Waals surface area contributed by atoms with Crippen molar-refractivity contribution in [2.45, 2.75) is 13.8 Å². The van der Waals surface area contributed by atoms with Crippen LogP contribution >= 0.6 is 0 Å². The Morgan fingerprint density at radius 3 is 2.60 bits per heavy atom. The van der Waals surface area contributed by atoms with Crippen LogP contribution in [0.15, 0.2) is 41.6 Å². The number of aromatic nitrogens is 2. The van der Waals surface area contributed by atoms with E-state index >= 15 is 0 Å². The van der Waals surface area contributed by atoms with Crippen LogP contribution in [-0.4, -0.2) is 27.6 Å². The smallest absolute Gasteiger partial charge is 0.230 e. The van der Waals surface area contributed by atoms with Crippen LogP contribution in [0.3, 0.4) is 0 Å². The molecule has 0 aliphatic heterocycles. The van der Waals surface area contributed by atoms with Gasteiger partial charge in [-0.05, 0) is 32.0 Å². The minimum absolute atomic E-state index is 0.0270. The van der Waals surface area contributed by atoms with Crippen molar-refractivity contribution < 1.29 is 5.21 Å². The van der Waals surface area contributed by atoms with Gasteiger partial charge in [-0.15, -0.1) is 0 Å².